The van der Waals surface area contributed by atoms with Crippen LogP contribution in [0.4, 0.5) is 0 Å². The minimum Gasteiger partial charge on any atom is -0.326 e. The maximum absolute atomic E-state index is 5.73. The van der Waals surface area contributed by atoms with Gasteiger partial charge in [-0.15, -0.1) is 17.1 Å². The van der Waals surface area contributed by atoms with Crippen LogP contribution in [0.25, 0.3) is 5.57 Å². The summed E-state index contributed by atoms with van der Waals surface area (Å²) >= 11 is 7.23. The van der Waals surface area contributed by atoms with Crippen LogP contribution in [0.3, 0.4) is 0 Å². The molecule has 0 saturated carbocycles. The van der Waals surface area contributed by atoms with Gasteiger partial charge in [0.05, 0.1) is 4.34 Å². The molecule has 0 spiro atoms. The summed E-state index contributed by atoms with van der Waals surface area (Å²) in [5.41, 5.74) is 9.14. The highest BCUT2D eigenvalue weighted by Gasteiger charge is 2.00. The highest BCUT2D eigenvalue weighted by molar-refractivity contribution is 7.17. The minimum absolute atomic E-state index is 0.459. The van der Waals surface area contributed by atoms with Crippen molar-refractivity contribution in [1.29, 1.82) is 0 Å². The molecule has 0 amide bonds. The molecular weight excluding hydrogens is 178 g/mol. The summed E-state index contributed by atoms with van der Waals surface area (Å²) in [6, 6.07) is 3.77. The summed E-state index contributed by atoms with van der Waals surface area (Å²) in [6.45, 7) is 4.00. The van der Waals surface area contributed by atoms with E-state index >= 15 is 0 Å². The molecule has 1 aromatic rings. The Morgan fingerprint density at radius 1 is 1.73 bits per heavy atom. The second kappa shape index (κ2) is 3.74. The first-order chi connectivity index (χ1) is 5.27. The Kier molecular flexibility index (Phi) is 2.92. The van der Waals surface area contributed by atoms with Gasteiger partial charge in [0.15, 0.2) is 0 Å². The fraction of sp³-hybridized carbons (Fsp3) is 0.125. The van der Waals surface area contributed by atoms with Crippen LogP contribution >= 0.6 is 22.9 Å². The average Bonchev–Trinajstić information content (AvgIpc) is 2.39. The van der Waals surface area contributed by atoms with Gasteiger partial charge < -0.3 is 5.73 Å². The van der Waals surface area contributed by atoms with Crippen molar-refractivity contribution < 1.29 is 0 Å². The first-order valence-corrected chi connectivity index (χ1v) is 4.32. The Morgan fingerprint density at radius 3 is 2.82 bits per heavy atom. The SMILES string of the molecule is C=C=C(CN)c1ccc(Cl)s1. The Bertz CT molecular complexity index is 297. The zero-order chi connectivity index (χ0) is 8.27. The summed E-state index contributed by atoms with van der Waals surface area (Å²) in [5.74, 6) is 0. The quantitative estimate of drug-likeness (QED) is 0.705. The van der Waals surface area contributed by atoms with Crippen molar-refractivity contribution in [2.24, 2.45) is 5.73 Å². The third-order valence-electron chi connectivity index (χ3n) is 1.29. The van der Waals surface area contributed by atoms with E-state index < -0.39 is 0 Å². The normalized spacial score (nSPS) is 9.27. The van der Waals surface area contributed by atoms with E-state index in [0.29, 0.717) is 6.54 Å². The lowest BCUT2D eigenvalue weighted by atomic mass is 10.2. The van der Waals surface area contributed by atoms with Crippen LogP contribution < -0.4 is 5.73 Å². The highest BCUT2D eigenvalue weighted by Crippen LogP contribution is 2.26. The van der Waals surface area contributed by atoms with Gasteiger partial charge in [-0.2, -0.15) is 0 Å². The summed E-state index contributed by atoms with van der Waals surface area (Å²) in [6.07, 6.45) is 0. The van der Waals surface area contributed by atoms with Crippen LogP contribution in [0.15, 0.2) is 24.4 Å². The van der Waals surface area contributed by atoms with E-state index in [-0.39, 0.29) is 0 Å². The van der Waals surface area contributed by atoms with E-state index in [1.54, 1.807) is 0 Å². The fourth-order valence-corrected chi connectivity index (χ4v) is 1.81. The van der Waals surface area contributed by atoms with Gasteiger partial charge in [0.2, 0.25) is 0 Å². The standard InChI is InChI=1S/C8H8ClNS/c1-2-6(5-10)7-3-4-8(9)11-7/h3-4H,1,5,10H2. The number of halogens is 1. The van der Waals surface area contributed by atoms with E-state index in [1.165, 1.54) is 11.3 Å². The molecule has 0 aliphatic rings. The molecule has 58 valence electrons. The zero-order valence-corrected chi connectivity index (χ0v) is 7.50. The van der Waals surface area contributed by atoms with Gasteiger partial charge in [0.1, 0.15) is 0 Å². The van der Waals surface area contributed by atoms with Crippen LogP contribution in [-0.2, 0) is 0 Å². The summed E-state index contributed by atoms with van der Waals surface area (Å²) in [7, 11) is 0. The molecule has 3 heteroatoms. The highest BCUT2D eigenvalue weighted by atomic mass is 35.5. The first-order valence-electron chi connectivity index (χ1n) is 3.12. The van der Waals surface area contributed by atoms with Crippen molar-refractivity contribution in [2.75, 3.05) is 6.54 Å². The summed E-state index contributed by atoms with van der Waals surface area (Å²) in [4.78, 5) is 1.05. The fourth-order valence-electron chi connectivity index (χ4n) is 0.736. The monoisotopic (exact) mass is 185 g/mol. The third-order valence-corrected chi connectivity index (χ3v) is 2.58. The lowest BCUT2D eigenvalue weighted by molar-refractivity contribution is 1.28. The summed E-state index contributed by atoms with van der Waals surface area (Å²) in [5, 5.41) is 0. The largest absolute Gasteiger partial charge is 0.326 e. The van der Waals surface area contributed by atoms with Crippen molar-refractivity contribution >= 4 is 28.5 Å². The average molecular weight is 186 g/mol. The van der Waals surface area contributed by atoms with Crippen molar-refractivity contribution in [3.63, 3.8) is 0 Å². The van der Waals surface area contributed by atoms with Gasteiger partial charge >= 0.3 is 0 Å². The molecule has 0 atom stereocenters. The second-order valence-corrected chi connectivity index (χ2v) is 3.68. The predicted molar refractivity (Wildman–Crippen MR) is 50.9 cm³/mol. The van der Waals surface area contributed by atoms with Crippen molar-refractivity contribution in [3.05, 3.63) is 33.7 Å². The van der Waals surface area contributed by atoms with E-state index in [9.17, 15) is 0 Å². The maximum Gasteiger partial charge on any atom is 0.0935 e. The molecule has 0 aliphatic heterocycles. The van der Waals surface area contributed by atoms with Gasteiger partial charge in [0.25, 0.3) is 0 Å². The van der Waals surface area contributed by atoms with Crippen LogP contribution in [0.5, 0.6) is 0 Å². The van der Waals surface area contributed by atoms with Crippen LogP contribution in [0.2, 0.25) is 4.34 Å². The molecule has 0 aromatic carbocycles. The first kappa shape index (κ1) is 8.57. The van der Waals surface area contributed by atoms with E-state index in [0.717, 1.165) is 14.8 Å². The number of hydrogen-bond acceptors (Lipinski definition) is 2. The molecule has 0 fully saturated rings. The number of thiophene rings is 1. The van der Waals surface area contributed by atoms with E-state index in [2.05, 4.69) is 12.3 Å². The molecule has 0 bridgehead atoms. The molecule has 1 aromatic heterocycles. The molecule has 1 rings (SSSR count). The molecular formula is C8H8ClNS. The Labute approximate surface area is 74.8 Å². The molecule has 0 radical (unpaired) electrons. The predicted octanol–water partition coefficient (Wildman–Crippen LogP) is 2.53. The molecule has 0 aliphatic carbocycles. The lowest BCUT2D eigenvalue weighted by Gasteiger charge is -1.93. The second-order valence-electron chi connectivity index (χ2n) is 1.96. The minimum atomic E-state index is 0.459. The Balaban J connectivity index is 3.01. The van der Waals surface area contributed by atoms with Crippen molar-refractivity contribution in [2.45, 2.75) is 0 Å². The zero-order valence-electron chi connectivity index (χ0n) is 5.93. The maximum atomic E-state index is 5.73. The molecule has 1 nitrogen and oxygen atoms in total. The number of rotatable bonds is 2. The molecule has 0 saturated heterocycles. The van der Waals surface area contributed by atoms with Gasteiger partial charge in [-0.25, -0.2) is 0 Å². The molecule has 1 heterocycles. The van der Waals surface area contributed by atoms with Crippen molar-refractivity contribution in [3.8, 4) is 0 Å². The van der Waals surface area contributed by atoms with Crippen LogP contribution in [0, 0.1) is 0 Å². The van der Waals surface area contributed by atoms with Gasteiger partial charge in [-0.05, 0) is 12.1 Å². The van der Waals surface area contributed by atoms with Gasteiger partial charge in [-0.1, -0.05) is 18.2 Å². The topological polar surface area (TPSA) is 26.0 Å². The number of nitrogens with two attached hydrogens (primary N) is 1. The smallest absolute Gasteiger partial charge is 0.0935 e. The van der Waals surface area contributed by atoms with E-state index in [4.69, 9.17) is 17.3 Å². The third kappa shape index (κ3) is 1.95. The molecule has 0 unspecified atom stereocenters. The Hall–Kier alpha value is -0.530. The van der Waals surface area contributed by atoms with Crippen LogP contribution in [-0.4, -0.2) is 6.54 Å². The lowest BCUT2D eigenvalue weighted by Crippen LogP contribution is -1.99. The van der Waals surface area contributed by atoms with E-state index in [1.807, 2.05) is 12.1 Å². The van der Waals surface area contributed by atoms with Gasteiger partial charge in [-0.3, -0.25) is 0 Å². The van der Waals surface area contributed by atoms with Gasteiger partial charge in [0, 0.05) is 17.0 Å². The Morgan fingerprint density at radius 2 is 2.45 bits per heavy atom. The molecule has 2 N–H and O–H groups in total. The van der Waals surface area contributed by atoms with Crippen molar-refractivity contribution in [1.82, 2.24) is 0 Å². The number of hydrogen-bond donors (Lipinski definition) is 1. The van der Waals surface area contributed by atoms with Crippen LogP contribution in [0.1, 0.15) is 4.88 Å². The molecule has 11 heavy (non-hydrogen) atoms. The summed E-state index contributed by atoms with van der Waals surface area (Å²) < 4.78 is 0.765.